The summed E-state index contributed by atoms with van der Waals surface area (Å²) in [5, 5.41) is 1.88. The molecule has 0 aliphatic rings. The van der Waals surface area contributed by atoms with E-state index in [4.69, 9.17) is 16.3 Å². The maximum atomic E-state index is 12.8. The third kappa shape index (κ3) is 4.76. The number of aldehydes is 1. The minimum atomic E-state index is -4.62. The second kappa shape index (κ2) is 7.78. The molecule has 0 spiro atoms. The van der Waals surface area contributed by atoms with Crippen LogP contribution >= 0.6 is 11.6 Å². The first-order chi connectivity index (χ1) is 12.1. The van der Waals surface area contributed by atoms with Gasteiger partial charge in [0.25, 0.3) is 5.91 Å². The molecular formula is C18H15ClF3NO3. The molecule has 0 saturated carbocycles. The molecule has 8 heteroatoms. The van der Waals surface area contributed by atoms with Gasteiger partial charge >= 0.3 is 6.18 Å². The molecule has 0 fully saturated rings. The minimum absolute atomic E-state index is 0.0416. The average Bonchev–Trinajstić information content (AvgIpc) is 2.54. The molecule has 0 atom stereocenters. The number of carbonyl (C=O) groups excluding carboxylic acids is 2. The van der Waals surface area contributed by atoms with Gasteiger partial charge in [-0.05, 0) is 55.3 Å². The van der Waals surface area contributed by atoms with E-state index in [-0.39, 0.29) is 5.69 Å². The van der Waals surface area contributed by atoms with Crippen LogP contribution in [0, 0.1) is 13.8 Å². The van der Waals surface area contributed by atoms with Crippen molar-refractivity contribution >= 4 is 29.5 Å². The van der Waals surface area contributed by atoms with Crippen molar-refractivity contribution < 1.29 is 27.5 Å². The normalized spacial score (nSPS) is 11.2. The van der Waals surface area contributed by atoms with E-state index in [0.717, 1.165) is 12.1 Å². The van der Waals surface area contributed by atoms with Crippen LogP contribution in [-0.4, -0.2) is 18.8 Å². The maximum Gasteiger partial charge on any atom is 0.417 e. The first kappa shape index (κ1) is 19.8. The Morgan fingerprint density at radius 2 is 1.81 bits per heavy atom. The number of hydrogen-bond acceptors (Lipinski definition) is 3. The number of alkyl halides is 3. The number of hydrogen-bond donors (Lipinski definition) is 1. The van der Waals surface area contributed by atoms with Gasteiger partial charge in [-0.3, -0.25) is 9.59 Å². The molecule has 138 valence electrons. The number of nitrogens with one attached hydrogen (secondary N) is 1. The van der Waals surface area contributed by atoms with Crippen LogP contribution in [0.3, 0.4) is 0 Å². The van der Waals surface area contributed by atoms with E-state index in [1.807, 2.05) is 0 Å². The molecule has 0 radical (unpaired) electrons. The van der Waals surface area contributed by atoms with E-state index >= 15 is 0 Å². The summed E-state index contributed by atoms with van der Waals surface area (Å²) in [4.78, 5) is 22.8. The van der Waals surface area contributed by atoms with Crippen LogP contribution in [0.5, 0.6) is 5.75 Å². The van der Waals surface area contributed by atoms with Crippen molar-refractivity contribution in [2.24, 2.45) is 0 Å². The van der Waals surface area contributed by atoms with Crippen LogP contribution in [0.25, 0.3) is 0 Å². The Labute approximate surface area is 152 Å². The molecule has 26 heavy (non-hydrogen) atoms. The van der Waals surface area contributed by atoms with Gasteiger partial charge in [0, 0.05) is 11.3 Å². The van der Waals surface area contributed by atoms with Crippen LogP contribution in [0.2, 0.25) is 5.02 Å². The van der Waals surface area contributed by atoms with E-state index < -0.39 is 29.3 Å². The highest BCUT2D eigenvalue weighted by Crippen LogP contribution is 2.36. The smallest absolute Gasteiger partial charge is 0.417 e. The monoisotopic (exact) mass is 385 g/mol. The van der Waals surface area contributed by atoms with Gasteiger partial charge in [-0.15, -0.1) is 0 Å². The highest BCUT2D eigenvalue weighted by atomic mass is 35.5. The second-order valence-corrected chi connectivity index (χ2v) is 6.04. The highest BCUT2D eigenvalue weighted by molar-refractivity contribution is 6.31. The fourth-order valence-corrected chi connectivity index (χ4v) is 2.66. The van der Waals surface area contributed by atoms with Crippen molar-refractivity contribution in [2.45, 2.75) is 20.0 Å². The quantitative estimate of drug-likeness (QED) is 0.752. The van der Waals surface area contributed by atoms with Crippen LogP contribution in [-0.2, 0) is 11.0 Å². The summed E-state index contributed by atoms with van der Waals surface area (Å²) in [5.74, 6) is -0.184. The van der Waals surface area contributed by atoms with Gasteiger partial charge in [0.2, 0.25) is 0 Å². The van der Waals surface area contributed by atoms with Gasteiger partial charge < -0.3 is 10.1 Å². The number of halogens is 4. The summed E-state index contributed by atoms with van der Waals surface area (Å²) in [7, 11) is 0. The van der Waals surface area contributed by atoms with Crippen molar-refractivity contribution in [3.63, 3.8) is 0 Å². The minimum Gasteiger partial charge on any atom is -0.483 e. The second-order valence-electron chi connectivity index (χ2n) is 5.63. The first-order valence-electron chi connectivity index (χ1n) is 7.47. The fraction of sp³-hybridized carbons (Fsp3) is 0.222. The topological polar surface area (TPSA) is 55.4 Å². The number of ether oxygens (including phenoxy) is 1. The van der Waals surface area contributed by atoms with Gasteiger partial charge in [-0.25, -0.2) is 0 Å². The van der Waals surface area contributed by atoms with Gasteiger partial charge in [0.1, 0.15) is 12.0 Å². The maximum absolute atomic E-state index is 12.8. The van der Waals surface area contributed by atoms with E-state index in [2.05, 4.69) is 5.32 Å². The summed E-state index contributed by atoms with van der Waals surface area (Å²) in [6, 6.07) is 6.32. The number of benzene rings is 2. The molecule has 0 saturated heterocycles. The number of rotatable bonds is 5. The van der Waals surface area contributed by atoms with Crippen molar-refractivity contribution in [1.29, 1.82) is 0 Å². The Balaban J connectivity index is 2.08. The molecule has 0 aliphatic heterocycles. The lowest BCUT2D eigenvalue weighted by molar-refractivity contribution is -0.137. The third-order valence-electron chi connectivity index (χ3n) is 3.52. The number of amides is 1. The molecule has 1 amide bonds. The summed E-state index contributed by atoms with van der Waals surface area (Å²) < 4.78 is 44.0. The molecule has 1 N–H and O–H groups in total. The van der Waals surface area contributed by atoms with Crippen molar-refractivity contribution in [3.8, 4) is 5.75 Å². The van der Waals surface area contributed by atoms with Gasteiger partial charge in [-0.2, -0.15) is 13.2 Å². The Morgan fingerprint density at radius 3 is 2.35 bits per heavy atom. The summed E-state index contributed by atoms with van der Waals surface area (Å²) in [6.07, 6.45) is -3.92. The lowest BCUT2D eigenvalue weighted by atomic mass is 10.1. The van der Waals surface area contributed by atoms with E-state index in [9.17, 15) is 22.8 Å². The Kier molecular flexibility index (Phi) is 5.92. The SMILES string of the molecule is Cc1cc(C=O)cc(C)c1OCC(=O)Nc1ccc(Cl)c(C(F)(F)F)c1. The zero-order valence-electron chi connectivity index (χ0n) is 13.9. The molecule has 0 aliphatic carbocycles. The van der Waals surface area contributed by atoms with Gasteiger partial charge in [0.05, 0.1) is 10.6 Å². The Bertz CT molecular complexity index is 827. The van der Waals surface area contributed by atoms with Gasteiger partial charge in [0.15, 0.2) is 6.61 Å². The largest absolute Gasteiger partial charge is 0.483 e. The van der Waals surface area contributed by atoms with Crippen molar-refractivity contribution in [1.82, 2.24) is 0 Å². The Hall–Kier alpha value is -2.54. The zero-order valence-corrected chi connectivity index (χ0v) is 14.7. The molecule has 2 rings (SSSR count). The van der Waals surface area contributed by atoms with E-state index in [1.165, 1.54) is 6.07 Å². The zero-order chi connectivity index (χ0) is 19.5. The fourth-order valence-electron chi connectivity index (χ4n) is 2.43. The number of aryl methyl sites for hydroxylation is 2. The highest BCUT2D eigenvalue weighted by Gasteiger charge is 2.33. The van der Waals surface area contributed by atoms with Crippen molar-refractivity contribution in [2.75, 3.05) is 11.9 Å². The van der Waals surface area contributed by atoms with Crippen LogP contribution in [0.4, 0.5) is 18.9 Å². The lowest BCUT2D eigenvalue weighted by Crippen LogP contribution is -2.21. The standard InChI is InChI=1S/C18H15ClF3NO3/c1-10-5-12(8-24)6-11(2)17(10)26-9-16(25)23-13-3-4-15(19)14(7-13)18(20,21)22/h3-8H,9H2,1-2H3,(H,23,25). The van der Waals surface area contributed by atoms with Crippen LogP contribution in [0.15, 0.2) is 30.3 Å². The van der Waals surface area contributed by atoms with Crippen molar-refractivity contribution in [3.05, 3.63) is 57.6 Å². The summed E-state index contributed by atoms with van der Waals surface area (Å²) in [5.41, 5.74) is 0.753. The van der Waals surface area contributed by atoms with Crippen LogP contribution in [0.1, 0.15) is 27.0 Å². The molecule has 0 bridgehead atoms. The number of carbonyl (C=O) groups is 2. The number of anilines is 1. The summed E-state index contributed by atoms with van der Waals surface area (Å²) >= 11 is 5.54. The van der Waals surface area contributed by atoms with E-state index in [0.29, 0.717) is 28.7 Å². The molecule has 2 aromatic carbocycles. The molecule has 4 nitrogen and oxygen atoms in total. The molecule has 0 heterocycles. The summed E-state index contributed by atoms with van der Waals surface area (Å²) in [6.45, 7) is 3.05. The molecular weight excluding hydrogens is 371 g/mol. The van der Waals surface area contributed by atoms with Crippen LogP contribution < -0.4 is 10.1 Å². The van der Waals surface area contributed by atoms with E-state index in [1.54, 1.807) is 26.0 Å². The predicted octanol–water partition coefficient (Wildman–Crippen LogP) is 4.81. The Morgan fingerprint density at radius 1 is 1.19 bits per heavy atom. The van der Waals surface area contributed by atoms with Gasteiger partial charge in [-0.1, -0.05) is 11.6 Å². The predicted molar refractivity (Wildman–Crippen MR) is 91.9 cm³/mol. The first-order valence-corrected chi connectivity index (χ1v) is 7.85. The third-order valence-corrected chi connectivity index (χ3v) is 3.85. The molecule has 0 aromatic heterocycles. The lowest BCUT2D eigenvalue weighted by Gasteiger charge is -2.14. The molecule has 2 aromatic rings. The average molecular weight is 386 g/mol. The molecule has 0 unspecified atom stereocenters.